The Balaban J connectivity index is 1.48. The molecule has 2 atom stereocenters. The highest BCUT2D eigenvalue weighted by atomic mass is 16.5. The molecule has 2 aromatic rings. The van der Waals surface area contributed by atoms with Gasteiger partial charge in [-0.05, 0) is 48.2 Å². The molecule has 2 amide bonds. The molecule has 4 rings (SSSR count). The second-order valence-corrected chi connectivity index (χ2v) is 8.13. The average Bonchev–Trinajstić information content (AvgIpc) is 3.32. The Morgan fingerprint density at radius 3 is 2.59 bits per heavy atom. The second-order valence-electron chi connectivity index (χ2n) is 8.13. The van der Waals surface area contributed by atoms with Gasteiger partial charge in [-0.15, -0.1) is 0 Å². The Morgan fingerprint density at radius 2 is 1.91 bits per heavy atom. The number of hydrogen-bond acceptors (Lipinski definition) is 6. The van der Waals surface area contributed by atoms with Crippen molar-refractivity contribution in [3.63, 3.8) is 0 Å². The molecule has 2 aliphatic rings. The first-order chi connectivity index (χ1) is 15.6. The zero-order chi connectivity index (χ0) is 22.3. The van der Waals surface area contributed by atoms with Gasteiger partial charge in [0.05, 0.1) is 26.4 Å². The number of carbonyl (C=O) groups excluding carboxylic acids is 2. The van der Waals surface area contributed by atoms with Gasteiger partial charge < -0.3 is 24.0 Å². The Labute approximate surface area is 188 Å². The van der Waals surface area contributed by atoms with Gasteiger partial charge in [0.2, 0.25) is 5.91 Å². The van der Waals surface area contributed by atoms with E-state index in [0.717, 1.165) is 23.3 Å². The molecule has 8 nitrogen and oxygen atoms in total. The van der Waals surface area contributed by atoms with Gasteiger partial charge in [0, 0.05) is 38.6 Å². The predicted molar refractivity (Wildman–Crippen MR) is 117 cm³/mol. The van der Waals surface area contributed by atoms with Crippen LogP contribution in [-0.4, -0.2) is 72.2 Å². The number of carbonyl (C=O) groups is 2. The minimum absolute atomic E-state index is 0.0317. The summed E-state index contributed by atoms with van der Waals surface area (Å²) < 4.78 is 17.0. The standard InChI is InChI=1S/C24H29N3O5/c1-30-20-6-4-18(5-7-20)13-26-14-21(32-17-19-8-10-25-11-9-19)15-27(16-23(26)28)24(29)22-3-2-12-31-22/h4-11,21-22H,2-3,12-17H2,1H3. The van der Waals surface area contributed by atoms with Crippen LogP contribution in [0.15, 0.2) is 48.8 Å². The molecule has 2 aliphatic heterocycles. The molecule has 0 aliphatic carbocycles. The molecule has 2 saturated heterocycles. The third-order valence-corrected chi connectivity index (χ3v) is 5.81. The van der Waals surface area contributed by atoms with E-state index in [1.54, 1.807) is 29.3 Å². The molecule has 0 spiro atoms. The van der Waals surface area contributed by atoms with Crippen LogP contribution in [0.25, 0.3) is 0 Å². The van der Waals surface area contributed by atoms with Crippen molar-refractivity contribution < 1.29 is 23.8 Å². The number of amides is 2. The summed E-state index contributed by atoms with van der Waals surface area (Å²) >= 11 is 0. The summed E-state index contributed by atoms with van der Waals surface area (Å²) in [4.78, 5) is 33.5. The monoisotopic (exact) mass is 439 g/mol. The van der Waals surface area contributed by atoms with Crippen LogP contribution in [0.4, 0.5) is 0 Å². The van der Waals surface area contributed by atoms with E-state index in [9.17, 15) is 9.59 Å². The average molecular weight is 440 g/mol. The van der Waals surface area contributed by atoms with E-state index in [1.807, 2.05) is 36.4 Å². The molecule has 0 saturated carbocycles. The van der Waals surface area contributed by atoms with E-state index in [4.69, 9.17) is 14.2 Å². The molecule has 170 valence electrons. The SMILES string of the molecule is COc1ccc(CN2CC(OCc3ccncc3)CN(C(=O)C3CCCO3)CC2=O)cc1. The Hall–Kier alpha value is -2.97. The summed E-state index contributed by atoms with van der Waals surface area (Å²) in [6.45, 7) is 2.22. The van der Waals surface area contributed by atoms with Crippen molar-refractivity contribution in [1.82, 2.24) is 14.8 Å². The lowest BCUT2D eigenvalue weighted by atomic mass is 10.2. The fraction of sp³-hybridized carbons (Fsp3) is 0.458. The van der Waals surface area contributed by atoms with Crippen molar-refractivity contribution in [2.24, 2.45) is 0 Å². The van der Waals surface area contributed by atoms with Gasteiger partial charge in [0.25, 0.3) is 5.91 Å². The summed E-state index contributed by atoms with van der Waals surface area (Å²) in [6.07, 6.45) is 4.23. The number of benzene rings is 1. The maximum atomic E-state index is 13.1. The highest BCUT2D eigenvalue weighted by Crippen LogP contribution is 2.20. The van der Waals surface area contributed by atoms with E-state index >= 15 is 0 Å². The van der Waals surface area contributed by atoms with Crippen LogP contribution in [0.5, 0.6) is 5.75 Å². The van der Waals surface area contributed by atoms with Gasteiger partial charge in [0.15, 0.2) is 0 Å². The summed E-state index contributed by atoms with van der Waals surface area (Å²) in [5.74, 6) is 0.546. The van der Waals surface area contributed by atoms with Crippen LogP contribution < -0.4 is 4.74 Å². The molecule has 32 heavy (non-hydrogen) atoms. The van der Waals surface area contributed by atoms with Crippen LogP contribution in [0, 0.1) is 0 Å². The topological polar surface area (TPSA) is 81.2 Å². The van der Waals surface area contributed by atoms with Crippen molar-refractivity contribution in [3.05, 3.63) is 59.9 Å². The number of rotatable bonds is 7. The molecule has 1 aromatic carbocycles. The quantitative estimate of drug-likeness (QED) is 0.657. The highest BCUT2D eigenvalue weighted by Gasteiger charge is 2.35. The Bertz CT molecular complexity index is 900. The molecule has 3 heterocycles. The maximum absolute atomic E-state index is 13.1. The Morgan fingerprint density at radius 1 is 1.12 bits per heavy atom. The van der Waals surface area contributed by atoms with Gasteiger partial charge in [-0.25, -0.2) is 0 Å². The summed E-state index contributed by atoms with van der Waals surface area (Å²) in [6, 6.07) is 11.4. The van der Waals surface area contributed by atoms with Crippen molar-refractivity contribution in [2.75, 3.05) is 33.4 Å². The minimum Gasteiger partial charge on any atom is -0.497 e. The summed E-state index contributed by atoms with van der Waals surface area (Å²) in [5, 5.41) is 0. The molecule has 0 bridgehead atoms. The fourth-order valence-corrected chi connectivity index (χ4v) is 4.03. The molecule has 8 heteroatoms. The third-order valence-electron chi connectivity index (χ3n) is 5.81. The summed E-state index contributed by atoms with van der Waals surface area (Å²) in [7, 11) is 1.62. The molecular formula is C24H29N3O5. The number of pyridine rings is 1. The van der Waals surface area contributed by atoms with Crippen molar-refractivity contribution >= 4 is 11.8 Å². The zero-order valence-electron chi connectivity index (χ0n) is 18.3. The van der Waals surface area contributed by atoms with E-state index in [1.165, 1.54) is 0 Å². The molecule has 2 fully saturated rings. The maximum Gasteiger partial charge on any atom is 0.252 e. The van der Waals surface area contributed by atoms with Gasteiger partial charge >= 0.3 is 0 Å². The number of hydrogen-bond donors (Lipinski definition) is 0. The number of methoxy groups -OCH3 is 1. The van der Waals surface area contributed by atoms with Gasteiger partial charge in [-0.2, -0.15) is 0 Å². The minimum atomic E-state index is -0.461. The molecule has 1 aromatic heterocycles. The van der Waals surface area contributed by atoms with Crippen LogP contribution in [-0.2, 0) is 32.2 Å². The van der Waals surface area contributed by atoms with Gasteiger partial charge in [-0.1, -0.05) is 12.1 Å². The molecule has 2 unspecified atom stereocenters. The molecule has 0 N–H and O–H groups in total. The molecule has 0 radical (unpaired) electrons. The largest absolute Gasteiger partial charge is 0.497 e. The lowest BCUT2D eigenvalue weighted by Gasteiger charge is -2.26. The normalized spacial score (nSPS) is 21.5. The highest BCUT2D eigenvalue weighted by molar-refractivity contribution is 5.87. The first-order valence-electron chi connectivity index (χ1n) is 10.9. The van der Waals surface area contributed by atoms with Crippen LogP contribution >= 0.6 is 0 Å². The second kappa shape index (κ2) is 10.6. The summed E-state index contributed by atoms with van der Waals surface area (Å²) in [5.41, 5.74) is 1.99. The number of aromatic nitrogens is 1. The first-order valence-corrected chi connectivity index (χ1v) is 10.9. The first kappa shape index (κ1) is 22.2. The van der Waals surface area contributed by atoms with Crippen LogP contribution in [0.2, 0.25) is 0 Å². The molecular weight excluding hydrogens is 410 g/mol. The fourth-order valence-electron chi connectivity index (χ4n) is 4.03. The van der Waals surface area contributed by atoms with Crippen LogP contribution in [0.1, 0.15) is 24.0 Å². The lowest BCUT2D eigenvalue weighted by Crippen LogP contribution is -2.44. The predicted octanol–water partition coefficient (Wildman–Crippen LogP) is 2.03. The zero-order valence-corrected chi connectivity index (χ0v) is 18.3. The van der Waals surface area contributed by atoms with Gasteiger partial charge in [-0.3, -0.25) is 14.6 Å². The van der Waals surface area contributed by atoms with Gasteiger partial charge in [0.1, 0.15) is 11.9 Å². The Kier molecular flexibility index (Phi) is 7.34. The third kappa shape index (κ3) is 5.63. The van der Waals surface area contributed by atoms with E-state index in [0.29, 0.717) is 39.3 Å². The van der Waals surface area contributed by atoms with Crippen molar-refractivity contribution in [2.45, 2.75) is 38.2 Å². The van der Waals surface area contributed by atoms with Crippen molar-refractivity contribution in [1.29, 1.82) is 0 Å². The van der Waals surface area contributed by atoms with E-state index in [-0.39, 0.29) is 24.5 Å². The lowest BCUT2D eigenvalue weighted by molar-refractivity contribution is -0.145. The van der Waals surface area contributed by atoms with E-state index < -0.39 is 6.10 Å². The van der Waals surface area contributed by atoms with E-state index in [2.05, 4.69) is 4.98 Å². The smallest absolute Gasteiger partial charge is 0.252 e. The number of nitrogens with zero attached hydrogens (tertiary/aromatic N) is 3. The number of ether oxygens (including phenoxy) is 3. The van der Waals surface area contributed by atoms with Crippen LogP contribution in [0.3, 0.4) is 0 Å². The van der Waals surface area contributed by atoms with Crippen molar-refractivity contribution in [3.8, 4) is 5.75 Å².